The number of aromatic nitrogens is 1. The fourth-order valence-corrected chi connectivity index (χ4v) is 3.92. The Bertz CT molecular complexity index is 967. The van der Waals surface area contributed by atoms with Crippen molar-refractivity contribution >= 4 is 20.7 Å². The van der Waals surface area contributed by atoms with Gasteiger partial charge in [-0.2, -0.15) is 0 Å². The topological polar surface area (TPSA) is 50.3 Å². The van der Waals surface area contributed by atoms with Crippen LogP contribution in [0, 0.1) is 0 Å². The minimum absolute atomic E-state index is 0.192. The number of rotatable bonds is 4. The number of nitrogens with zero attached hydrogens (tertiary/aromatic N) is 2. The second-order valence-corrected chi connectivity index (χ2v) is 8.00. The molecule has 0 saturated carbocycles. The minimum Gasteiger partial charge on any atom is -0.303 e. The molecule has 2 aromatic carbocycles. The molecule has 3 aromatic rings. The molecule has 5 heteroatoms. The molecule has 0 saturated heterocycles. The van der Waals surface area contributed by atoms with Gasteiger partial charge in [0.2, 0.25) is 9.84 Å². The average molecular weight is 340 g/mol. The number of sulfone groups is 1. The smallest absolute Gasteiger partial charge is 0.208 e. The molecular weight excluding hydrogens is 320 g/mol. The van der Waals surface area contributed by atoms with E-state index < -0.39 is 9.84 Å². The van der Waals surface area contributed by atoms with Crippen LogP contribution in [0.3, 0.4) is 0 Å². The molecule has 0 fully saturated rings. The molecule has 24 heavy (non-hydrogen) atoms. The predicted octanol–water partition coefficient (Wildman–Crippen LogP) is 3.69. The Labute approximate surface area is 142 Å². The number of pyridine rings is 1. The number of hydrogen-bond acceptors (Lipinski definition) is 4. The highest BCUT2D eigenvalue weighted by Gasteiger charge is 2.19. The normalized spacial score (nSPS) is 13.3. The summed E-state index contributed by atoms with van der Waals surface area (Å²) in [6, 6.07) is 16.2. The van der Waals surface area contributed by atoms with Crippen molar-refractivity contribution in [2.75, 3.05) is 14.1 Å². The summed E-state index contributed by atoms with van der Waals surface area (Å²) in [5, 5.41) is 0.832. The number of fused-ring (bicyclic) bond motifs is 1. The molecule has 124 valence electrons. The maximum atomic E-state index is 12.8. The number of benzene rings is 2. The first-order valence-electron chi connectivity index (χ1n) is 7.76. The van der Waals surface area contributed by atoms with E-state index in [0.29, 0.717) is 0 Å². The minimum atomic E-state index is -3.55. The summed E-state index contributed by atoms with van der Waals surface area (Å²) in [6.07, 6.45) is 1.45. The van der Waals surface area contributed by atoms with Gasteiger partial charge < -0.3 is 4.90 Å². The summed E-state index contributed by atoms with van der Waals surface area (Å²) in [5.74, 6) is 0. The molecule has 0 radical (unpaired) electrons. The lowest BCUT2D eigenvalue weighted by Gasteiger charge is -2.21. The molecule has 1 heterocycles. The Morgan fingerprint density at radius 1 is 0.958 bits per heavy atom. The molecule has 0 bridgehead atoms. The molecule has 0 aliphatic carbocycles. The van der Waals surface area contributed by atoms with E-state index in [0.717, 1.165) is 16.5 Å². The van der Waals surface area contributed by atoms with Crippen LogP contribution in [0.2, 0.25) is 0 Å². The van der Waals surface area contributed by atoms with Gasteiger partial charge in [0.1, 0.15) is 0 Å². The second kappa shape index (κ2) is 6.34. The van der Waals surface area contributed by atoms with Gasteiger partial charge >= 0.3 is 0 Å². The zero-order chi connectivity index (χ0) is 17.3. The predicted molar refractivity (Wildman–Crippen MR) is 95.7 cm³/mol. The summed E-state index contributed by atoms with van der Waals surface area (Å²) in [6.45, 7) is 2.10. The fourth-order valence-electron chi connectivity index (χ4n) is 2.66. The first-order chi connectivity index (χ1) is 11.4. The highest BCUT2D eigenvalue weighted by atomic mass is 32.2. The van der Waals surface area contributed by atoms with E-state index in [-0.39, 0.29) is 15.8 Å². The third kappa shape index (κ3) is 2.92. The van der Waals surface area contributed by atoms with Gasteiger partial charge in [-0.25, -0.2) is 8.42 Å². The Kier molecular flexibility index (Phi) is 4.39. The van der Waals surface area contributed by atoms with Gasteiger partial charge in [-0.3, -0.25) is 4.98 Å². The molecule has 1 atom stereocenters. The van der Waals surface area contributed by atoms with Crippen LogP contribution in [-0.4, -0.2) is 32.4 Å². The molecule has 0 N–H and O–H groups in total. The van der Waals surface area contributed by atoms with E-state index in [4.69, 9.17) is 0 Å². The van der Waals surface area contributed by atoms with E-state index >= 15 is 0 Å². The molecule has 1 aromatic heterocycles. The van der Waals surface area contributed by atoms with Crippen LogP contribution < -0.4 is 0 Å². The molecule has 4 nitrogen and oxygen atoms in total. The lowest BCUT2D eigenvalue weighted by atomic mass is 10.0. The first-order valence-corrected chi connectivity index (χ1v) is 9.25. The van der Waals surface area contributed by atoms with Crippen LogP contribution in [0.1, 0.15) is 18.5 Å². The van der Waals surface area contributed by atoms with E-state index in [2.05, 4.69) is 16.8 Å². The summed E-state index contributed by atoms with van der Waals surface area (Å²) in [4.78, 5) is 7.07. The summed E-state index contributed by atoms with van der Waals surface area (Å²) in [5.41, 5.74) is 1.92. The average Bonchev–Trinajstić information content (AvgIpc) is 2.60. The Morgan fingerprint density at radius 3 is 2.33 bits per heavy atom. The molecule has 0 aliphatic heterocycles. The van der Waals surface area contributed by atoms with E-state index in [1.165, 1.54) is 6.20 Å². The summed E-state index contributed by atoms with van der Waals surface area (Å²) < 4.78 is 25.5. The van der Waals surface area contributed by atoms with Crippen molar-refractivity contribution in [3.63, 3.8) is 0 Å². The summed E-state index contributed by atoms with van der Waals surface area (Å²) in [7, 11) is 0.470. The van der Waals surface area contributed by atoms with E-state index in [1.807, 2.05) is 32.3 Å². The quantitative estimate of drug-likeness (QED) is 0.727. The Morgan fingerprint density at radius 2 is 1.67 bits per heavy atom. The van der Waals surface area contributed by atoms with Crippen molar-refractivity contribution in [1.29, 1.82) is 0 Å². The monoisotopic (exact) mass is 340 g/mol. The van der Waals surface area contributed by atoms with Gasteiger partial charge in [-0.05, 0) is 44.8 Å². The zero-order valence-electron chi connectivity index (χ0n) is 14.0. The van der Waals surface area contributed by atoms with E-state index in [9.17, 15) is 8.42 Å². The highest BCUT2D eigenvalue weighted by Crippen LogP contribution is 2.28. The van der Waals surface area contributed by atoms with Gasteiger partial charge in [0.25, 0.3) is 0 Å². The molecule has 0 amide bonds. The van der Waals surface area contributed by atoms with Crippen LogP contribution >= 0.6 is 0 Å². The van der Waals surface area contributed by atoms with Crippen LogP contribution in [0.5, 0.6) is 0 Å². The van der Waals surface area contributed by atoms with Crippen molar-refractivity contribution in [2.24, 2.45) is 0 Å². The van der Waals surface area contributed by atoms with Crippen molar-refractivity contribution < 1.29 is 8.42 Å². The van der Waals surface area contributed by atoms with Crippen LogP contribution in [0.4, 0.5) is 0 Å². The van der Waals surface area contributed by atoms with Crippen LogP contribution in [0.15, 0.2) is 70.6 Å². The fraction of sp³-hybridized carbons (Fsp3) is 0.211. The van der Waals surface area contributed by atoms with E-state index in [1.54, 1.807) is 36.4 Å². The van der Waals surface area contributed by atoms with Gasteiger partial charge in [0.15, 0.2) is 0 Å². The maximum Gasteiger partial charge on any atom is 0.208 e. The SMILES string of the molecule is CC(c1cccc2cc(S(=O)(=O)c3ccccc3)cnc12)N(C)C. The molecule has 0 aliphatic rings. The maximum absolute atomic E-state index is 12.8. The lowest BCUT2D eigenvalue weighted by Crippen LogP contribution is -2.17. The lowest BCUT2D eigenvalue weighted by molar-refractivity contribution is 0.322. The van der Waals surface area contributed by atoms with Crippen molar-refractivity contribution in [3.8, 4) is 0 Å². The number of hydrogen-bond donors (Lipinski definition) is 0. The third-order valence-electron chi connectivity index (χ3n) is 4.31. The van der Waals surface area contributed by atoms with Crippen LogP contribution in [0.25, 0.3) is 10.9 Å². The van der Waals surface area contributed by atoms with Crippen molar-refractivity contribution in [3.05, 3.63) is 66.4 Å². The van der Waals surface area contributed by atoms with Crippen molar-refractivity contribution in [1.82, 2.24) is 9.88 Å². The van der Waals surface area contributed by atoms with Gasteiger partial charge in [-0.1, -0.05) is 36.4 Å². The molecule has 3 rings (SSSR count). The van der Waals surface area contributed by atoms with Crippen molar-refractivity contribution in [2.45, 2.75) is 22.8 Å². The molecule has 1 unspecified atom stereocenters. The highest BCUT2D eigenvalue weighted by molar-refractivity contribution is 7.91. The third-order valence-corrected chi connectivity index (χ3v) is 6.04. The second-order valence-electron chi connectivity index (χ2n) is 6.05. The van der Waals surface area contributed by atoms with Gasteiger partial charge in [-0.15, -0.1) is 0 Å². The largest absolute Gasteiger partial charge is 0.303 e. The zero-order valence-corrected chi connectivity index (χ0v) is 14.8. The standard InChI is InChI=1S/C19H20N2O2S/c1-14(21(2)3)18-11-7-8-15-12-17(13-20-19(15)18)24(22,23)16-9-5-4-6-10-16/h4-14H,1-3H3. The van der Waals surface area contributed by atoms with Gasteiger partial charge in [0, 0.05) is 17.6 Å². The Hall–Kier alpha value is -2.24. The van der Waals surface area contributed by atoms with Gasteiger partial charge in [0.05, 0.1) is 15.3 Å². The summed E-state index contributed by atoms with van der Waals surface area (Å²) >= 11 is 0. The number of para-hydroxylation sites is 1. The first kappa shape index (κ1) is 16.6. The molecular formula is C19H20N2O2S. The van der Waals surface area contributed by atoms with Crippen LogP contribution in [-0.2, 0) is 9.84 Å². The Balaban J connectivity index is 2.14. The molecule has 0 spiro atoms.